The second-order valence-corrected chi connectivity index (χ2v) is 7.16. The van der Waals surface area contributed by atoms with Gasteiger partial charge in [-0.15, -0.1) is 0 Å². The van der Waals surface area contributed by atoms with Crippen molar-refractivity contribution >= 4 is 35.1 Å². The number of carbonyl (C=O) groups excluding carboxylic acids is 1. The standard InChI is InChI=1S/C19H18ClN7OS/c1-29-19-24-11-14(20)16(25-19)18(28)23-9-5-8-15-13(10-21)17(22)27(26-15)12-6-3-2-4-7-12/h2-4,6-7,11H,5,8-9,22H2,1H3,(H,23,28). The fourth-order valence-electron chi connectivity index (χ4n) is 2.69. The minimum Gasteiger partial charge on any atom is -0.382 e. The molecule has 2 aromatic heterocycles. The number of para-hydroxylation sites is 1. The van der Waals surface area contributed by atoms with Crippen LogP contribution in [0.3, 0.4) is 0 Å². The van der Waals surface area contributed by atoms with Crippen LogP contribution in [0.5, 0.6) is 0 Å². The topological polar surface area (TPSA) is 123 Å². The molecule has 0 spiro atoms. The summed E-state index contributed by atoms with van der Waals surface area (Å²) >= 11 is 7.34. The second-order valence-electron chi connectivity index (χ2n) is 5.98. The maximum Gasteiger partial charge on any atom is 0.271 e. The van der Waals surface area contributed by atoms with Crippen molar-refractivity contribution in [1.82, 2.24) is 25.1 Å². The van der Waals surface area contributed by atoms with Crippen molar-refractivity contribution in [2.24, 2.45) is 0 Å². The van der Waals surface area contributed by atoms with Gasteiger partial charge in [0, 0.05) is 6.54 Å². The van der Waals surface area contributed by atoms with Gasteiger partial charge in [0.2, 0.25) is 0 Å². The van der Waals surface area contributed by atoms with E-state index in [-0.39, 0.29) is 16.6 Å². The van der Waals surface area contributed by atoms with Crippen molar-refractivity contribution in [3.8, 4) is 11.8 Å². The fourth-order valence-corrected chi connectivity index (χ4v) is 3.21. The highest BCUT2D eigenvalue weighted by molar-refractivity contribution is 7.98. The molecule has 0 saturated heterocycles. The van der Waals surface area contributed by atoms with Gasteiger partial charge < -0.3 is 11.1 Å². The first-order valence-corrected chi connectivity index (χ1v) is 10.3. The van der Waals surface area contributed by atoms with E-state index >= 15 is 0 Å². The summed E-state index contributed by atoms with van der Waals surface area (Å²) < 4.78 is 1.55. The van der Waals surface area contributed by atoms with E-state index in [4.69, 9.17) is 17.3 Å². The number of halogens is 1. The second kappa shape index (κ2) is 9.41. The van der Waals surface area contributed by atoms with Crippen LogP contribution in [-0.2, 0) is 6.42 Å². The molecule has 3 N–H and O–H groups in total. The minimum absolute atomic E-state index is 0.140. The molecule has 29 heavy (non-hydrogen) atoms. The van der Waals surface area contributed by atoms with E-state index in [0.29, 0.717) is 41.6 Å². The lowest BCUT2D eigenvalue weighted by Crippen LogP contribution is -2.26. The normalized spacial score (nSPS) is 10.5. The predicted molar refractivity (Wildman–Crippen MR) is 112 cm³/mol. The molecule has 2 heterocycles. The Morgan fingerprint density at radius 1 is 1.38 bits per heavy atom. The average molecular weight is 428 g/mol. The molecule has 1 aromatic carbocycles. The average Bonchev–Trinajstić information content (AvgIpc) is 3.07. The van der Waals surface area contributed by atoms with Crippen LogP contribution in [0.1, 0.15) is 28.2 Å². The van der Waals surface area contributed by atoms with Gasteiger partial charge in [0.05, 0.1) is 22.6 Å². The van der Waals surface area contributed by atoms with Crippen LogP contribution in [0.25, 0.3) is 5.69 Å². The summed E-state index contributed by atoms with van der Waals surface area (Å²) in [6, 6.07) is 11.5. The highest BCUT2D eigenvalue weighted by Crippen LogP contribution is 2.21. The number of anilines is 1. The van der Waals surface area contributed by atoms with Crippen molar-refractivity contribution < 1.29 is 4.79 Å². The van der Waals surface area contributed by atoms with E-state index in [1.807, 2.05) is 36.6 Å². The van der Waals surface area contributed by atoms with Crippen molar-refractivity contribution in [2.45, 2.75) is 18.0 Å². The number of nitrogens with one attached hydrogen (secondary N) is 1. The molecule has 0 saturated carbocycles. The van der Waals surface area contributed by atoms with Gasteiger partial charge in [0.25, 0.3) is 5.91 Å². The van der Waals surface area contributed by atoms with Gasteiger partial charge in [-0.05, 0) is 31.2 Å². The quantitative estimate of drug-likeness (QED) is 0.337. The molecule has 0 fully saturated rings. The number of nitrogens with two attached hydrogens (primary N) is 1. The molecule has 3 rings (SSSR count). The number of nitriles is 1. The molecule has 8 nitrogen and oxygen atoms in total. The molecule has 0 unspecified atom stereocenters. The third kappa shape index (κ3) is 4.67. The number of carbonyl (C=O) groups is 1. The smallest absolute Gasteiger partial charge is 0.271 e. The van der Waals surface area contributed by atoms with Crippen LogP contribution in [0.2, 0.25) is 5.02 Å². The number of rotatable bonds is 7. The summed E-state index contributed by atoms with van der Waals surface area (Å²) in [4.78, 5) is 20.5. The Morgan fingerprint density at radius 2 is 2.14 bits per heavy atom. The zero-order valence-electron chi connectivity index (χ0n) is 15.6. The molecule has 0 bridgehead atoms. The SMILES string of the molecule is CSc1ncc(Cl)c(C(=O)NCCCc2nn(-c3ccccc3)c(N)c2C#N)n1. The zero-order chi connectivity index (χ0) is 20.8. The molecule has 0 aliphatic carbocycles. The first-order chi connectivity index (χ1) is 14.0. The van der Waals surface area contributed by atoms with E-state index in [1.54, 1.807) is 4.68 Å². The number of amides is 1. The molecule has 0 atom stereocenters. The lowest BCUT2D eigenvalue weighted by atomic mass is 10.1. The van der Waals surface area contributed by atoms with Crippen LogP contribution in [0.4, 0.5) is 5.82 Å². The van der Waals surface area contributed by atoms with Crippen LogP contribution in [0.15, 0.2) is 41.7 Å². The van der Waals surface area contributed by atoms with Crippen LogP contribution in [0, 0.1) is 11.3 Å². The van der Waals surface area contributed by atoms with E-state index < -0.39 is 0 Å². The van der Waals surface area contributed by atoms with Crippen LogP contribution >= 0.6 is 23.4 Å². The number of aromatic nitrogens is 4. The summed E-state index contributed by atoms with van der Waals surface area (Å²) in [6.45, 7) is 0.372. The Hall–Kier alpha value is -3.09. The molecule has 0 aliphatic heterocycles. The predicted octanol–water partition coefficient (Wildman–Crippen LogP) is 2.85. The van der Waals surface area contributed by atoms with Crippen LogP contribution < -0.4 is 11.1 Å². The molecule has 1 amide bonds. The third-order valence-electron chi connectivity index (χ3n) is 4.10. The van der Waals surface area contributed by atoms with E-state index in [0.717, 1.165) is 5.69 Å². The maximum absolute atomic E-state index is 12.3. The van der Waals surface area contributed by atoms with Gasteiger partial charge in [-0.3, -0.25) is 4.79 Å². The van der Waals surface area contributed by atoms with Crippen molar-refractivity contribution in [1.29, 1.82) is 5.26 Å². The van der Waals surface area contributed by atoms with Crippen molar-refractivity contribution in [3.63, 3.8) is 0 Å². The van der Waals surface area contributed by atoms with Gasteiger partial charge in [-0.2, -0.15) is 10.4 Å². The number of hydrogen-bond acceptors (Lipinski definition) is 7. The summed E-state index contributed by atoms with van der Waals surface area (Å²) in [5, 5.41) is 17.4. The molecule has 148 valence electrons. The highest BCUT2D eigenvalue weighted by atomic mass is 35.5. The monoisotopic (exact) mass is 427 g/mol. The summed E-state index contributed by atoms with van der Waals surface area (Å²) in [5.74, 6) is -0.0716. The van der Waals surface area contributed by atoms with Crippen molar-refractivity contribution in [2.75, 3.05) is 18.5 Å². The number of hydrogen-bond donors (Lipinski definition) is 2. The number of benzene rings is 1. The molecule has 0 aliphatic rings. The van der Waals surface area contributed by atoms with Gasteiger partial charge in [0.1, 0.15) is 17.5 Å². The Labute approximate surface area is 177 Å². The molecule has 0 radical (unpaired) electrons. The number of nitrogens with zero attached hydrogens (tertiary/aromatic N) is 5. The van der Waals surface area contributed by atoms with E-state index in [2.05, 4.69) is 26.5 Å². The number of thioether (sulfide) groups is 1. The first-order valence-electron chi connectivity index (χ1n) is 8.72. The first kappa shape index (κ1) is 20.6. The lowest BCUT2D eigenvalue weighted by Gasteiger charge is -2.06. The Bertz CT molecular complexity index is 1060. The van der Waals surface area contributed by atoms with E-state index in [9.17, 15) is 10.1 Å². The number of nitrogen functional groups attached to an aromatic ring is 1. The Balaban J connectivity index is 1.64. The Kier molecular flexibility index (Phi) is 6.69. The van der Waals surface area contributed by atoms with Gasteiger partial charge in [-0.1, -0.05) is 41.6 Å². The molecular weight excluding hydrogens is 410 g/mol. The van der Waals surface area contributed by atoms with Gasteiger partial charge in [0.15, 0.2) is 10.9 Å². The van der Waals surface area contributed by atoms with Gasteiger partial charge >= 0.3 is 0 Å². The molecular formula is C19H18ClN7OS. The summed E-state index contributed by atoms with van der Waals surface area (Å²) in [6.07, 6.45) is 4.29. The maximum atomic E-state index is 12.3. The number of aryl methyl sites for hydroxylation is 1. The molecule has 10 heteroatoms. The van der Waals surface area contributed by atoms with Crippen molar-refractivity contribution in [3.05, 3.63) is 58.5 Å². The van der Waals surface area contributed by atoms with Crippen LogP contribution in [-0.4, -0.2) is 38.5 Å². The zero-order valence-corrected chi connectivity index (χ0v) is 17.2. The minimum atomic E-state index is -0.373. The lowest BCUT2D eigenvalue weighted by molar-refractivity contribution is 0.0947. The van der Waals surface area contributed by atoms with Gasteiger partial charge in [-0.25, -0.2) is 14.6 Å². The largest absolute Gasteiger partial charge is 0.382 e. The third-order valence-corrected chi connectivity index (χ3v) is 4.94. The van der Waals surface area contributed by atoms with E-state index in [1.165, 1.54) is 18.0 Å². The fraction of sp³-hybridized carbons (Fsp3) is 0.211. The summed E-state index contributed by atoms with van der Waals surface area (Å²) in [7, 11) is 0. The Morgan fingerprint density at radius 3 is 2.83 bits per heavy atom. The highest BCUT2D eigenvalue weighted by Gasteiger charge is 2.17. The molecule has 3 aromatic rings. The summed E-state index contributed by atoms with van der Waals surface area (Å²) in [5.41, 5.74) is 7.96.